The molecule has 0 fully saturated rings. The number of primary amides is 1. The van der Waals surface area contributed by atoms with E-state index in [4.69, 9.17) is 10.5 Å². The summed E-state index contributed by atoms with van der Waals surface area (Å²) in [5.41, 5.74) is 7.21. The minimum Gasteiger partial charge on any atom is -0.444 e. The number of hydrogen-bond acceptors (Lipinski definition) is 5. The van der Waals surface area contributed by atoms with Crippen LogP contribution in [0.5, 0.6) is 0 Å². The van der Waals surface area contributed by atoms with E-state index in [-0.39, 0.29) is 12.5 Å². The molecule has 0 radical (unpaired) electrons. The molecule has 0 bridgehead atoms. The zero-order valence-corrected chi connectivity index (χ0v) is 22.9. The number of alkyl carbamates (subject to hydrolysis) is 1. The molecule has 0 aliphatic rings. The molecule has 2 unspecified atom stereocenters. The summed E-state index contributed by atoms with van der Waals surface area (Å²) in [7, 11) is 0. The van der Waals surface area contributed by atoms with Crippen molar-refractivity contribution < 1.29 is 23.9 Å². The Morgan fingerprint density at radius 1 is 1.06 bits per heavy atom. The third-order valence-electron chi connectivity index (χ3n) is 5.76. The lowest BCUT2D eigenvalue weighted by molar-refractivity contribution is -0.143. The second kappa shape index (κ2) is 14.5. The van der Waals surface area contributed by atoms with E-state index >= 15 is 0 Å². The summed E-state index contributed by atoms with van der Waals surface area (Å²) in [5.74, 6) is -1.63. The van der Waals surface area contributed by atoms with Crippen LogP contribution in [0.25, 0.3) is 0 Å². The summed E-state index contributed by atoms with van der Waals surface area (Å²) in [6.45, 7) is 13.7. The summed E-state index contributed by atoms with van der Waals surface area (Å²) in [5, 5.41) is 5.46. The lowest BCUT2D eigenvalue weighted by Crippen LogP contribution is -2.54. The maximum atomic E-state index is 13.9. The van der Waals surface area contributed by atoms with E-state index in [1.165, 1.54) is 4.90 Å². The van der Waals surface area contributed by atoms with E-state index in [0.29, 0.717) is 18.5 Å². The summed E-state index contributed by atoms with van der Waals surface area (Å²) < 4.78 is 5.30. The minimum atomic E-state index is -1.27. The van der Waals surface area contributed by atoms with Gasteiger partial charge in [0.25, 0.3) is 0 Å². The zero-order chi connectivity index (χ0) is 27.5. The monoisotopic (exact) mass is 504 g/mol. The molecule has 202 valence electrons. The first-order valence-corrected chi connectivity index (χ1v) is 12.7. The zero-order valence-electron chi connectivity index (χ0n) is 22.9. The van der Waals surface area contributed by atoms with Crippen molar-refractivity contribution in [3.63, 3.8) is 0 Å². The Balaban J connectivity index is 3.51. The molecule has 1 aromatic carbocycles. The van der Waals surface area contributed by atoms with E-state index in [1.807, 2.05) is 45.9 Å². The van der Waals surface area contributed by atoms with E-state index in [9.17, 15) is 19.2 Å². The van der Waals surface area contributed by atoms with Gasteiger partial charge in [-0.25, -0.2) is 4.79 Å². The number of benzene rings is 1. The summed E-state index contributed by atoms with van der Waals surface area (Å²) in [6, 6.07) is 3.43. The van der Waals surface area contributed by atoms with Crippen LogP contribution in [-0.4, -0.2) is 53.4 Å². The highest BCUT2D eigenvalue weighted by atomic mass is 16.6. The third kappa shape index (κ3) is 9.87. The topological polar surface area (TPSA) is 131 Å². The van der Waals surface area contributed by atoms with Gasteiger partial charge in [0.15, 0.2) is 0 Å². The molecule has 0 aromatic heterocycles. The van der Waals surface area contributed by atoms with Gasteiger partial charge in [0.05, 0.1) is 6.42 Å². The predicted octanol–water partition coefficient (Wildman–Crippen LogP) is 3.66. The van der Waals surface area contributed by atoms with Gasteiger partial charge in [-0.2, -0.15) is 0 Å². The first-order chi connectivity index (χ1) is 16.8. The molecule has 9 nitrogen and oxygen atoms in total. The molecule has 0 heterocycles. The molecule has 0 aliphatic heterocycles. The van der Waals surface area contributed by atoms with E-state index in [0.717, 1.165) is 30.4 Å². The van der Waals surface area contributed by atoms with Crippen molar-refractivity contribution >= 4 is 23.8 Å². The second-order valence-electron chi connectivity index (χ2n) is 10.1. The van der Waals surface area contributed by atoms with Gasteiger partial charge in [-0.05, 0) is 64.2 Å². The summed E-state index contributed by atoms with van der Waals surface area (Å²) in [4.78, 5) is 53.2. The molecule has 1 aromatic rings. The first kappa shape index (κ1) is 30.9. The van der Waals surface area contributed by atoms with E-state index < -0.39 is 42.0 Å². The van der Waals surface area contributed by atoms with Crippen molar-refractivity contribution in [3.05, 3.63) is 34.9 Å². The lowest BCUT2D eigenvalue weighted by Gasteiger charge is -2.35. The number of nitrogens with zero attached hydrogens (tertiary/aromatic N) is 1. The molecule has 4 N–H and O–H groups in total. The molecule has 0 spiro atoms. The molecule has 4 amide bonds. The molecule has 0 saturated heterocycles. The fourth-order valence-electron chi connectivity index (χ4n) is 3.75. The maximum Gasteiger partial charge on any atom is 0.408 e. The van der Waals surface area contributed by atoms with Crippen molar-refractivity contribution in [2.45, 2.75) is 98.3 Å². The van der Waals surface area contributed by atoms with Crippen molar-refractivity contribution in [2.24, 2.45) is 5.73 Å². The standard InChI is InChI=1S/C27H44N4O5/c1-8-10-15-29-24(33)23(20-14-12-13-18(3)19(20)4)31(16-11-9-2)25(34)21(17-22(28)32)30-26(35)36-27(5,6)7/h12-14,21,23H,8-11,15-17H2,1-7H3,(H2,28,32)(H,29,33)(H,30,35). The van der Waals surface area contributed by atoms with Gasteiger partial charge in [-0.1, -0.05) is 44.9 Å². The van der Waals surface area contributed by atoms with Gasteiger partial charge >= 0.3 is 6.09 Å². The van der Waals surface area contributed by atoms with E-state index in [1.54, 1.807) is 20.8 Å². The van der Waals surface area contributed by atoms with Gasteiger partial charge in [0.2, 0.25) is 17.7 Å². The molecule has 36 heavy (non-hydrogen) atoms. The van der Waals surface area contributed by atoms with Crippen LogP contribution >= 0.6 is 0 Å². The molecule has 1 rings (SSSR count). The average molecular weight is 505 g/mol. The smallest absolute Gasteiger partial charge is 0.408 e. The van der Waals surface area contributed by atoms with Crippen molar-refractivity contribution in [3.8, 4) is 0 Å². The third-order valence-corrected chi connectivity index (χ3v) is 5.76. The SMILES string of the molecule is CCCCNC(=O)C(c1cccc(C)c1C)N(CCCC)C(=O)C(CC(N)=O)NC(=O)OC(C)(C)C. The fraction of sp³-hybridized carbons (Fsp3) is 0.630. The second-order valence-corrected chi connectivity index (χ2v) is 10.1. The van der Waals surface area contributed by atoms with Crippen LogP contribution < -0.4 is 16.4 Å². The summed E-state index contributed by atoms with van der Waals surface area (Å²) in [6.07, 6.45) is 1.86. The van der Waals surface area contributed by atoms with Gasteiger partial charge in [0.1, 0.15) is 17.7 Å². The molecular weight excluding hydrogens is 460 g/mol. The number of ether oxygens (including phenoxy) is 1. The Bertz CT molecular complexity index is 910. The Kier molecular flexibility index (Phi) is 12.4. The number of nitrogens with one attached hydrogen (secondary N) is 2. The number of carbonyl (C=O) groups excluding carboxylic acids is 4. The van der Waals surface area contributed by atoms with Crippen LogP contribution in [0.2, 0.25) is 0 Å². The molecule has 0 aliphatic carbocycles. The highest BCUT2D eigenvalue weighted by Gasteiger charge is 2.37. The Hall–Kier alpha value is -3.10. The summed E-state index contributed by atoms with van der Waals surface area (Å²) >= 11 is 0. The predicted molar refractivity (Wildman–Crippen MR) is 140 cm³/mol. The number of aryl methyl sites for hydroxylation is 1. The van der Waals surface area contributed by atoms with Gasteiger partial charge in [-0.15, -0.1) is 0 Å². The number of carbonyl (C=O) groups is 4. The van der Waals surface area contributed by atoms with Crippen LogP contribution in [0.3, 0.4) is 0 Å². The van der Waals surface area contributed by atoms with Gasteiger partial charge in [-0.3, -0.25) is 14.4 Å². The van der Waals surface area contributed by atoms with Crippen molar-refractivity contribution in [2.75, 3.05) is 13.1 Å². The average Bonchev–Trinajstić information content (AvgIpc) is 2.76. The quantitative estimate of drug-likeness (QED) is 0.353. The van der Waals surface area contributed by atoms with Crippen molar-refractivity contribution in [1.82, 2.24) is 15.5 Å². The minimum absolute atomic E-state index is 0.264. The number of amides is 4. The largest absolute Gasteiger partial charge is 0.444 e. The highest BCUT2D eigenvalue weighted by Crippen LogP contribution is 2.28. The van der Waals surface area contributed by atoms with Crippen LogP contribution in [0.1, 0.15) is 89.5 Å². The van der Waals surface area contributed by atoms with Crippen LogP contribution in [0.4, 0.5) is 4.79 Å². The molecular formula is C27H44N4O5. The van der Waals surface area contributed by atoms with Crippen LogP contribution in [0.15, 0.2) is 18.2 Å². The Morgan fingerprint density at radius 2 is 1.69 bits per heavy atom. The van der Waals surface area contributed by atoms with E-state index in [2.05, 4.69) is 10.6 Å². The Labute approximate surface area is 215 Å². The van der Waals surface area contributed by atoms with Crippen LogP contribution in [0, 0.1) is 13.8 Å². The Morgan fingerprint density at radius 3 is 2.25 bits per heavy atom. The lowest BCUT2D eigenvalue weighted by atomic mass is 9.94. The number of rotatable bonds is 13. The molecule has 9 heteroatoms. The number of hydrogen-bond donors (Lipinski definition) is 3. The number of unbranched alkanes of at least 4 members (excludes halogenated alkanes) is 2. The first-order valence-electron chi connectivity index (χ1n) is 12.7. The normalized spacial score (nSPS) is 12.9. The molecule has 0 saturated carbocycles. The fourth-order valence-corrected chi connectivity index (χ4v) is 3.75. The van der Waals surface area contributed by atoms with Crippen molar-refractivity contribution in [1.29, 1.82) is 0 Å². The number of nitrogens with two attached hydrogens (primary N) is 1. The van der Waals surface area contributed by atoms with Crippen LogP contribution in [-0.2, 0) is 19.1 Å². The highest BCUT2D eigenvalue weighted by molar-refractivity contribution is 5.94. The van der Waals surface area contributed by atoms with Gasteiger partial charge in [0, 0.05) is 13.1 Å². The van der Waals surface area contributed by atoms with Gasteiger partial charge < -0.3 is 26.0 Å². The molecule has 2 atom stereocenters. The maximum absolute atomic E-state index is 13.9.